The van der Waals surface area contributed by atoms with E-state index in [0.717, 1.165) is 38.3 Å². The molecule has 0 saturated carbocycles. The zero-order valence-electron chi connectivity index (χ0n) is 15.6. The fraction of sp³-hybridized carbons (Fsp3) is 0.190. The summed E-state index contributed by atoms with van der Waals surface area (Å²) in [6.45, 7) is 1.95. The molecule has 7 heteroatoms. The highest BCUT2D eigenvalue weighted by atomic mass is 32.2. The maximum Gasteiger partial charge on any atom is 0.338 e. The van der Waals surface area contributed by atoms with E-state index in [1.165, 1.54) is 12.1 Å². The van der Waals surface area contributed by atoms with Crippen LogP contribution in [0.15, 0.2) is 52.9 Å². The van der Waals surface area contributed by atoms with Crippen LogP contribution in [0.5, 0.6) is 0 Å². The Morgan fingerprint density at radius 3 is 2.54 bits per heavy atom. The minimum Gasteiger partial charge on any atom is -0.612 e. The van der Waals surface area contributed by atoms with Gasteiger partial charge in [0.05, 0.1) is 6.54 Å². The largest absolute Gasteiger partial charge is 0.612 e. The Labute approximate surface area is 166 Å². The second-order valence-electron chi connectivity index (χ2n) is 6.59. The highest BCUT2D eigenvalue weighted by Gasteiger charge is 2.24. The number of halogens is 1. The van der Waals surface area contributed by atoms with E-state index in [9.17, 15) is 18.9 Å². The Balaban J connectivity index is 1.99. The molecule has 0 aromatic heterocycles. The fourth-order valence-electron chi connectivity index (χ4n) is 3.33. The first-order valence-corrected chi connectivity index (χ1v) is 10.2. The van der Waals surface area contributed by atoms with Crippen LogP contribution in [0.25, 0.3) is 17.2 Å². The molecule has 28 heavy (non-hydrogen) atoms. The SMILES string of the molecule is CC1=C(CCN(O)C(N)=O)c2cc(F)ccc2C1=Cc1ccc([S+](C)[O-])cc1. The normalized spacial score (nSPS) is 15.7. The van der Waals surface area contributed by atoms with Crippen molar-refractivity contribution in [2.24, 2.45) is 5.73 Å². The molecular weight excluding hydrogens is 379 g/mol. The van der Waals surface area contributed by atoms with Crippen molar-refractivity contribution in [1.82, 2.24) is 5.06 Å². The summed E-state index contributed by atoms with van der Waals surface area (Å²) in [5.74, 6) is -0.351. The first kappa shape index (κ1) is 20.1. The van der Waals surface area contributed by atoms with Crippen LogP contribution >= 0.6 is 0 Å². The van der Waals surface area contributed by atoms with Crippen molar-refractivity contribution >= 4 is 34.4 Å². The summed E-state index contributed by atoms with van der Waals surface area (Å²) in [6.07, 6.45) is 3.96. The van der Waals surface area contributed by atoms with E-state index in [2.05, 4.69) is 0 Å². The molecule has 0 heterocycles. The monoisotopic (exact) mass is 400 g/mol. The Bertz CT molecular complexity index is 968. The molecule has 1 unspecified atom stereocenters. The van der Waals surface area contributed by atoms with Gasteiger partial charge in [0, 0.05) is 0 Å². The first-order valence-electron chi connectivity index (χ1n) is 8.69. The van der Waals surface area contributed by atoms with Crippen LogP contribution in [-0.2, 0) is 11.2 Å². The van der Waals surface area contributed by atoms with E-state index < -0.39 is 17.2 Å². The zero-order chi connectivity index (χ0) is 20.4. The predicted octanol–water partition coefficient (Wildman–Crippen LogP) is 4.05. The molecule has 3 rings (SSSR count). The van der Waals surface area contributed by atoms with Crippen molar-refractivity contribution in [3.05, 3.63) is 70.5 Å². The fourth-order valence-corrected chi connectivity index (χ4v) is 3.85. The van der Waals surface area contributed by atoms with Crippen molar-refractivity contribution < 1.29 is 18.9 Å². The topological polar surface area (TPSA) is 89.6 Å². The number of allylic oxidation sites excluding steroid dienone is 2. The van der Waals surface area contributed by atoms with E-state index in [1.54, 1.807) is 12.3 Å². The van der Waals surface area contributed by atoms with Crippen molar-refractivity contribution in [1.29, 1.82) is 0 Å². The molecule has 0 radical (unpaired) electrons. The van der Waals surface area contributed by atoms with Gasteiger partial charge in [-0.05, 0) is 100 Å². The quantitative estimate of drug-likeness (QED) is 0.451. The summed E-state index contributed by atoms with van der Waals surface area (Å²) in [6, 6.07) is 11.1. The van der Waals surface area contributed by atoms with E-state index in [0.29, 0.717) is 11.5 Å². The van der Waals surface area contributed by atoms with Crippen molar-refractivity contribution in [2.45, 2.75) is 18.2 Å². The average molecular weight is 400 g/mol. The van der Waals surface area contributed by atoms with Crippen LogP contribution in [0, 0.1) is 5.82 Å². The van der Waals surface area contributed by atoms with Crippen LogP contribution in [0.3, 0.4) is 0 Å². The second kappa shape index (κ2) is 8.18. The molecule has 0 bridgehead atoms. The molecule has 0 saturated heterocycles. The molecule has 0 spiro atoms. The number of carbonyl (C=O) groups excluding carboxylic acids is 1. The minimum absolute atomic E-state index is 0.0161. The molecule has 2 aromatic rings. The van der Waals surface area contributed by atoms with Gasteiger partial charge in [0.1, 0.15) is 12.1 Å². The molecule has 2 aromatic carbocycles. The van der Waals surface area contributed by atoms with Gasteiger partial charge in [-0.25, -0.2) is 14.2 Å². The van der Waals surface area contributed by atoms with Crippen LogP contribution in [0.2, 0.25) is 0 Å². The van der Waals surface area contributed by atoms with E-state index in [-0.39, 0.29) is 12.4 Å². The number of carbonyl (C=O) groups is 1. The molecule has 2 amide bonds. The van der Waals surface area contributed by atoms with Gasteiger partial charge in [-0.15, -0.1) is 0 Å². The second-order valence-corrected chi connectivity index (χ2v) is 7.97. The molecule has 146 valence electrons. The summed E-state index contributed by atoms with van der Waals surface area (Å²) in [4.78, 5) is 11.8. The number of hydrogen-bond donors (Lipinski definition) is 2. The lowest BCUT2D eigenvalue weighted by Crippen LogP contribution is -2.33. The van der Waals surface area contributed by atoms with Gasteiger partial charge in [0.2, 0.25) is 0 Å². The van der Waals surface area contributed by atoms with Crippen LogP contribution in [0.1, 0.15) is 30.0 Å². The third kappa shape index (κ3) is 4.11. The molecule has 5 nitrogen and oxygen atoms in total. The van der Waals surface area contributed by atoms with Gasteiger partial charge in [0.25, 0.3) is 0 Å². The Morgan fingerprint density at radius 1 is 1.25 bits per heavy atom. The lowest BCUT2D eigenvalue weighted by atomic mass is 10.0. The van der Waals surface area contributed by atoms with Crippen molar-refractivity contribution in [3.63, 3.8) is 0 Å². The number of fused-ring (bicyclic) bond motifs is 1. The summed E-state index contributed by atoms with van der Waals surface area (Å²) in [5.41, 5.74) is 10.4. The van der Waals surface area contributed by atoms with Crippen molar-refractivity contribution in [2.75, 3.05) is 12.8 Å². The molecule has 1 aliphatic carbocycles. The number of primary amides is 1. The molecular formula is C21H21FN2O3S. The van der Waals surface area contributed by atoms with Gasteiger partial charge in [-0.2, -0.15) is 0 Å². The maximum atomic E-state index is 13.9. The molecule has 3 N–H and O–H groups in total. The highest BCUT2D eigenvalue weighted by molar-refractivity contribution is 7.90. The molecule has 1 aliphatic rings. The van der Waals surface area contributed by atoms with E-state index in [4.69, 9.17) is 5.73 Å². The van der Waals surface area contributed by atoms with Gasteiger partial charge < -0.3 is 10.3 Å². The number of rotatable bonds is 5. The smallest absolute Gasteiger partial charge is 0.338 e. The van der Waals surface area contributed by atoms with Gasteiger partial charge in [0.15, 0.2) is 4.90 Å². The Hall–Kier alpha value is -2.61. The summed E-state index contributed by atoms with van der Waals surface area (Å²) < 4.78 is 25.4. The maximum absolute atomic E-state index is 13.9. The number of urea groups is 1. The summed E-state index contributed by atoms with van der Waals surface area (Å²) >= 11 is -1.04. The number of hydroxylamine groups is 2. The molecule has 0 aliphatic heterocycles. The minimum atomic E-state index is -1.04. The molecule has 1 atom stereocenters. The van der Waals surface area contributed by atoms with E-state index >= 15 is 0 Å². The van der Waals surface area contributed by atoms with Crippen LogP contribution in [0.4, 0.5) is 9.18 Å². The lowest BCUT2D eigenvalue weighted by Gasteiger charge is -2.13. The van der Waals surface area contributed by atoms with Gasteiger partial charge in [-0.3, -0.25) is 5.21 Å². The van der Waals surface area contributed by atoms with Crippen LogP contribution < -0.4 is 5.73 Å². The zero-order valence-corrected chi connectivity index (χ0v) is 16.4. The molecule has 0 fully saturated rings. The van der Waals surface area contributed by atoms with Gasteiger partial charge >= 0.3 is 6.03 Å². The first-order chi connectivity index (χ1) is 13.3. The predicted molar refractivity (Wildman–Crippen MR) is 108 cm³/mol. The standard InChI is InChI=1S/C21H21FN2O3S/c1-13-17(9-10-24(26)21(23)25)20-12-15(22)5-8-18(20)19(13)11-14-3-6-16(7-4-14)28(2)27/h3-8,11-12,26H,9-10H2,1-2H3,(H2,23,25). The average Bonchev–Trinajstić information content (AvgIpc) is 2.90. The van der Waals surface area contributed by atoms with Crippen molar-refractivity contribution in [3.8, 4) is 0 Å². The summed E-state index contributed by atoms with van der Waals surface area (Å²) in [5, 5.41) is 10.0. The number of benzene rings is 2. The van der Waals surface area contributed by atoms with E-state index in [1.807, 2.05) is 37.3 Å². The van der Waals surface area contributed by atoms with Crippen LogP contribution in [-0.4, -0.2) is 33.7 Å². The number of nitrogens with zero attached hydrogens (tertiary/aromatic N) is 1. The lowest BCUT2D eigenvalue weighted by molar-refractivity contribution is -0.0372. The number of hydrogen-bond acceptors (Lipinski definition) is 3. The highest BCUT2D eigenvalue weighted by Crippen LogP contribution is 2.43. The Kier molecular flexibility index (Phi) is 5.88. The third-order valence-corrected chi connectivity index (χ3v) is 5.74. The summed E-state index contributed by atoms with van der Waals surface area (Å²) in [7, 11) is 0. The Morgan fingerprint density at radius 2 is 1.93 bits per heavy atom. The number of nitrogens with two attached hydrogens (primary N) is 1. The van der Waals surface area contributed by atoms with Gasteiger partial charge in [-0.1, -0.05) is 6.07 Å². The third-order valence-electron chi connectivity index (χ3n) is 4.80. The number of amides is 2.